The molecule has 1 atom stereocenters. The Balaban J connectivity index is 1.83. The molecule has 0 saturated carbocycles. The fourth-order valence-electron chi connectivity index (χ4n) is 2.50. The lowest BCUT2D eigenvalue weighted by molar-refractivity contribution is -0.138. The fourth-order valence-corrected chi connectivity index (χ4v) is 2.50. The van der Waals surface area contributed by atoms with Crippen molar-refractivity contribution in [3.8, 4) is 0 Å². The molecule has 0 radical (unpaired) electrons. The van der Waals surface area contributed by atoms with Crippen LogP contribution >= 0.6 is 0 Å². The molecule has 1 aliphatic heterocycles. The van der Waals surface area contributed by atoms with Crippen molar-refractivity contribution in [2.75, 3.05) is 13.1 Å². The predicted molar refractivity (Wildman–Crippen MR) is 63.8 cm³/mol. The number of hydrogen-bond acceptors (Lipinski definition) is 3. The lowest BCUT2D eigenvalue weighted by Gasteiger charge is -2.22. The highest BCUT2D eigenvalue weighted by atomic mass is 16.4. The van der Waals surface area contributed by atoms with Crippen LogP contribution < -0.4 is 0 Å². The smallest absolute Gasteiger partial charge is 0.304 e. The number of aromatic nitrogens is 2. The summed E-state index contributed by atoms with van der Waals surface area (Å²) in [6, 6.07) is 0.226. The van der Waals surface area contributed by atoms with E-state index in [1.807, 2.05) is 19.4 Å². The van der Waals surface area contributed by atoms with Crippen LogP contribution in [0.5, 0.6) is 0 Å². The molecule has 5 heteroatoms. The molecule has 0 amide bonds. The summed E-state index contributed by atoms with van der Waals surface area (Å²) >= 11 is 0. The molecule has 1 aromatic heterocycles. The van der Waals surface area contributed by atoms with Crippen molar-refractivity contribution >= 4 is 5.97 Å². The van der Waals surface area contributed by atoms with Gasteiger partial charge in [-0.25, -0.2) is 0 Å². The van der Waals surface area contributed by atoms with E-state index in [-0.39, 0.29) is 12.5 Å². The monoisotopic (exact) mass is 237 g/mol. The fraction of sp³-hybridized carbons (Fsp3) is 0.667. The summed E-state index contributed by atoms with van der Waals surface area (Å²) in [6.07, 6.45) is 7.24. The molecule has 1 N–H and O–H groups in total. The van der Waals surface area contributed by atoms with Gasteiger partial charge in [-0.15, -0.1) is 0 Å². The second-order valence-electron chi connectivity index (χ2n) is 4.70. The first-order chi connectivity index (χ1) is 8.15. The Morgan fingerprint density at radius 3 is 3.12 bits per heavy atom. The highest BCUT2D eigenvalue weighted by Crippen LogP contribution is 2.20. The minimum absolute atomic E-state index is 0.226. The van der Waals surface area contributed by atoms with Gasteiger partial charge >= 0.3 is 5.97 Å². The molecular formula is C12H19N3O2. The number of carboxylic acid groups (broad SMARTS) is 1. The van der Waals surface area contributed by atoms with E-state index in [9.17, 15) is 4.79 Å². The largest absolute Gasteiger partial charge is 0.481 e. The third-order valence-electron chi connectivity index (χ3n) is 3.36. The summed E-state index contributed by atoms with van der Waals surface area (Å²) in [5, 5.41) is 13.0. The van der Waals surface area contributed by atoms with Crippen LogP contribution in [-0.2, 0) is 18.3 Å². The molecule has 1 unspecified atom stereocenters. The molecule has 1 fully saturated rings. The Morgan fingerprint density at radius 1 is 1.65 bits per heavy atom. The van der Waals surface area contributed by atoms with Gasteiger partial charge in [-0.2, -0.15) is 5.10 Å². The lowest BCUT2D eigenvalue weighted by Crippen LogP contribution is -2.33. The Bertz CT molecular complexity index is 389. The second kappa shape index (κ2) is 5.31. The number of carbonyl (C=O) groups is 1. The van der Waals surface area contributed by atoms with Gasteiger partial charge in [-0.1, -0.05) is 0 Å². The summed E-state index contributed by atoms with van der Waals surface area (Å²) in [5.74, 6) is -0.691. The van der Waals surface area contributed by atoms with Gasteiger partial charge in [0.05, 0.1) is 12.6 Å². The summed E-state index contributed by atoms with van der Waals surface area (Å²) in [5.41, 5.74) is 1.22. The molecular weight excluding hydrogens is 218 g/mol. The molecule has 1 aromatic rings. The van der Waals surface area contributed by atoms with E-state index in [4.69, 9.17) is 5.11 Å². The van der Waals surface area contributed by atoms with E-state index in [1.54, 1.807) is 4.68 Å². The van der Waals surface area contributed by atoms with Crippen molar-refractivity contribution in [1.82, 2.24) is 14.7 Å². The molecule has 5 nitrogen and oxygen atoms in total. The molecule has 0 spiro atoms. The van der Waals surface area contributed by atoms with Crippen molar-refractivity contribution in [3.05, 3.63) is 18.0 Å². The van der Waals surface area contributed by atoms with Crippen molar-refractivity contribution in [1.29, 1.82) is 0 Å². The van der Waals surface area contributed by atoms with Gasteiger partial charge < -0.3 is 5.11 Å². The van der Waals surface area contributed by atoms with Crippen LogP contribution in [0, 0.1) is 0 Å². The van der Waals surface area contributed by atoms with Crippen LogP contribution in [0.4, 0.5) is 0 Å². The third-order valence-corrected chi connectivity index (χ3v) is 3.36. The van der Waals surface area contributed by atoms with Crippen molar-refractivity contribution in [3.63, 3.8) is 0 Å². The maximum atomic E-state index is 10.7. The number of rotatable bonds is 5. The molecule has 2 heterocycles. The van der Waals surface area contributed by atoms with Crippen LogP contribution in [0.25, 0.3) is 0 Å². The van der Waals surface area contributed by atoms with E-state index in [1.165, 1.54) is 5.56 Å². The van der Waals surface area contributed by atoms with Crippen molar-refractivity contribution in [2.24, 2.45) is 7.05 Å². The van der Waals surface area contributed by atoms with E-state index in [0.29, 0.717) is 0 Å². The molecule has 2 rings (SSSR count). The highest BCUT2D eigenvalue weighted by molar-refractivity contribution is 5.67. The molecule has 1 saturated heterocycles. The third kappa shape index (κ3) is 3.30. The van der Waals surface area contributed by atoms with Gasteiger partial charge in [0, 0.05) is 25.8 Å². The Hall–Kier alpha value is -1.36. The molecule has 0 bridgehead atoms. The van der Waals surface area contributed by atoms with Crippen LogP contribution in [0.2, 0.25) is 0 Å². The predicted octanol–water partition coefficient (Wildman–Crippen LogP) is 0.902. The van der Waals surface area contributed by atoms with E-state index >= 15 is 0 Å². The minimum atomic E-state index is -0.691. The average Bonchev–Trinajstić information content (AvgIpc) is 2.84. The lowest BCUT2D eigenvalue weighted by atomic mass is 10.1. The van der Waals surface area contributed by atoms with Crippen LogP contribution in [0.1, 0.15) is 24.8 Å². The van der Waals surface area contributed by atoms with Gasteiger partial charge in [0.15, 0.2) is 0 Å². The number of hydrogen-bond donors (Lipinski definition) is 1. The Morgan fingerprint density at radius 2 is 2.47 bits per heavy atom. The zero-order valence-electron chi connectivity index (χ0n) is 10.2. The van der Waals surface area contributed by atoms with Gasteiger partial charge in [-0.05, 0) is 31.4 Å². The molecule has 17 heavy (non-hydrogen) atoms. The van der Waals surface area contributed by atoms with Gasteiger partial charge in [0.2, 0.25) is 0 Å². The van der Waals surface area contributed by atoms with Gasteiger partial charge in [0.25, 0.3) is 0 Å². The highest BCUT2D eigenvalue weighted by Gasteiger charge is 2.25. The van der Waals surface area contributed by atoms with Crippen LogP contribution in [0.15, 0.2) is 12.4 Å². The average molecular weight is 237 g/mol. The topological polar surface area (TPSA) is 58.4 Å². The summed E-state index contributed by atoms with van der Waals surface area (Å²) in [4.78, 5) is 13.0. The van der Waals surface area contributed by atoms with Gasteiger partial charge in [-0.3, -0.25) is 14.4 Å². The summed E-state index contributed by atoms with van der Waals surface area (Å²) in [7, 11) is 1.91. The van der Waals surface area contributed by atoms with Crippen LogP contribution in [-0.4, -0.2) is 44.9 Å². The quantitative estimate of drug-likeness (QED) is 0.826. The Kier molecular flexibility index (Phi) is 3.78. The molecule has 1 aliphatic rings. The van der Waals surface area contributed by atoms with Crippen molar-refractivity contribution < 1.29 is 9.90 Å². The standard InChI is InChI=1S/C12H19N3O2/c1-14-9-10(8-13-14)4-6-15-5-2-3-11(15)7-12(16)17/h8-9,11H,2-7H2,1H3,(H,16,17). The summed E-state index contributed by atoms with van der Waals surface area (Å²) in [6.45, 7) is 1.96. The number of aliphatic carboxylic acids is 1. The van der Waals surface area contributed by atoms with Crippen molar-refractivity contribution in [2.45, 2.75) is 31.7 Å². The van der Waals surface area contributed by atoms with E-state index in [2.05, 4.69) is 10.00 Å². The van der Waals surface area contributed by atoms with Crippen LogP contribution in [0.3, 0.4) is 0 Å². The summed E-state index contributed by atoms with van der Waals surface area (Å²) < 4.78 is 1.80. The first-order valence-electron chi connectivity index (χ1n) is 6.08. The second-order valence-corrected chi connectivity index (χ2v) is 4.70. The zero-order chi connectivity index (χ0) is 12.3. The number of aryl methyl sites for hydroxylation is 1. The Labute approximate surface area is 101 Å². The number of likely N-dealkylation sites (tertiary alicyclic amines) is 1. The first kappa shape index (κ1) is 12.1. The SMILES string of the molecule is Cn1cc(CCN2CCCC2CC(=O)O)cn1. The number of nitrogens with zero attached hydrogens (tertiary/aromatic N) is 3. The maximum absolute atomic E-state index is 10.7. The van der Waals surface area contributed by atoms with E-state index in [0.717, 1.165) is 32.4 Å². The number of carboxylic acids is 1. The van der Waals surface area contributed by atoms with E-state index < -0.39 is 5.97 Å². The maximum Gasteiger partial charge on any atom is 0.304 e. The zero-order valence-corrected chi connectivity index (χ0v) is 10.2. The molecule has 0 aromatic carbocycles. The first-order valence-corrected chi connectivity index (χ1v) is 6.08. The normalized spacial score (nSPS) is 20.9. The molecule has 0 aliphatic carbocycles. The molecule has 94 valence electrons. The minimum Gasteiger partial charge on any atom is -0.481 e. The van der Waals surface area contributed by atoms with Gasteiger partial charge in [0.1, 0.15) is 0 Å².